The van der Waals surface area contributed by atoms with Crippen LogP contribution in [-0.4, -0.2) is 25.0 Å². The summed E-state index contributed by atoms with van der Waals surface area (Å²) in [6, 6.07) is 7.34. The number of esters is 1. The van der Waals surface area contributed by atoms with Crippen LogP contribution in [0.4, 0.5) is 0 Å². The molecule has 1 N–H and O–H groups in total. The number of benzene rings is 1. The van der Waals surface area contributed by atoms with E-state index in [1.807, 2.05) is 24.3 Å². The molecule has 0 aliphatic heterocycles. The molecule has 0 atom stereocenters. The largest absolute Gasteiger partial charge is 0.455 e. The first-order valence-electron chi connectivity index (χ1n) is 5.39. The third-order valence-electron chi connectivity index (χ3n) is 2.07. The number of amides is 1. The van der Waals surface area contributed by atoms with E-state index >= 15 is 0 Å². The molecule has 0 spiro atoms. The number of ether oxygens (including phenoxy) is 1. The van der Waals surface area contributed by atoms with E-state index in [2.05, 4.69) is 27.8 Å². The average Bonchev–Trinajstić information content (AvgIpc) is 2.36. The zero-order valence-electron chi connectivity index (χ0n) is 9.82. The molecule has 1 aromatic carbocycles. The smallest absolute Gasteiger partial charge is 0.310 e. The van der Waals surface area contributed by atoms with E-state index in [0.29, 0.717) is 6.54 Å². The monoisotopic (exact) mass is 311 g/mol. The zero-order chi connectivity index (χ0) is 13.4. The van der Waals surface area contributed by atoms with Crippen molar-refractivity contribution in [2.45, 2.75) is 6.42 Å². The van der Waals surface area contributed by atoms with Crippen LogP contribution >= 0.6 is 15.9 Å². The van der Waals surface area contributed by atoms with Crippen LogP contribution < -0.4 is 5.32 Å². The van der Waals surface area contributed by atoms with Crippen LogP contribution in [0.25, 0.3) is 0 Å². The van der Waals surface area contributed by atoms with Gasteiger partial charge in [-0.15, -0.1) is 6.58 Å². The molecule has 4 nitrogen and oxygen atoms in total. The fourth-order valence-corrected chi connectivity index (χ4v) is 1.47. The highest BCUT2D eigenvalue weighted by Crippen LogP contribution is 2.11. The molecule has 0 heterocycles. The van der Waals surface area contributed by atoms with E-state index in [9.17, 15) is 9.59 Å². The maximum Gasteiger partial charge on any atom is 0.310 e. The molecule has 0 aromatic heterocycles. The highest BCUT2D eigenvalue weighted by Gasteiger charge is 2.07. The highest BCUT2D eigenvalue weighted by molar-refractivity contribution is 9.10. The molecule has 0 aliphatic carbocycles. The molecule has 1 rings (SSSR count). The van der Waals surface area contributed by atoms with Gasteiger partial charge >= 0.3 is 5.97 Å². The lowest BCUT2D eigenvalue weighted by molar-refractivity contribution is -0.147. The maximum atomic E-state index is 11.4. The third kappa shape index (κ3) is 5.63. The summed E-state index contributed by atoms with van der Waals surface area (Å²) in [6.45, 7) is 3.57. The summed E-state index contributed by atoms with van der Waals surface area (Å²) in [7, 11) is 0. The maximum absolute atomic E-state index is 11.4. The van der Waals surface area contributed by atoms with Crippen LogP contribution in [0, 0.1) is 0 Å². The Kier molecular flexibility index (Phi) is 6.14. The Hall–Kier alpha value is -1.62. The number of carbonyl (C=O) groups excluding carboxylic acids is 2. The van der Waals surface area contributed by atoms with Gasteiger partial charge in [-0.05, 0) is 17.7 Å². The summed E-state index contributed by atoms with van der Waals surface area (Å²) < 4.78 is 5.79. The van der Waals surface area contributed by atoms with Gasteiger partial charge in [-0.25, -0.2) is 0 Å². The summed E-state index contributed by atoms with van der Waals surface area (Å²) in [5, 5.41) is 2.52. The molecule has 0 radical (unpaired) electrons. The molecule has 0 unspecified atom stereocenters. The Morgan fingerprint density at radius 2 is 2.00 bits per heavy atom. The second-order valence-corrected chi connectivity index (χ2v) is 4.47. The molecule has 0 aliphatic rings. The van der Waals surface area contributed by atoms with Crippen LogP contribution in [0.15, 0.2) is 41.4 Å². The molecule has 0 saturated heterocycles. The quantitative estimate of drug-likeness (QED) is 0.644. The topological polar surface area (TPSA) is 55.4 Å². The van der Waals surface area contributed by atoms with Gasteiger partial charge in [-0.2, -0.15) is 0 Å². The fourth-order valence-electron chi connectivity index (χ4n) is 1.20. The van der Waals surface area contributed by atoms with Gasteiger partial charge in [0.25, 0.3) is 5.91 Å². The molecule has 5 heteroatoms. The molecule has 0 saturated carbocycles. The summed E-state index contributed by atoms with van der Waals surface area (Å²) in [5.41, 5.74) is 0.842. The van der Waals surface area contributed by atoms with Crippen molar-refractivity contribution in [2.75, 3.05) is 13.2 Å². The van der Waals surface area contributed by atoms with Gasteiger partial charge in [0, 0.05) is 11.0 Å². The van der Waals surface area contributed by atoms with Crippen LogP contribution in [0.2, 0.25) is 0 Å². The highest BCUT2D eigenvalue weighted by atomic mass is 79.9. The van der Waals surface area contributed by atoms with E-state index in [0.717, 1.165) is 10.0 Å². The molecule has 18 heavy (non-hydrogen) atoms. The summed E-state index contributed by atoms with van der Waals surface area (Å²) >= 11 is 3.31. The van der Waals surface area contributed by atoms with E-state index < -0.39 is 5.97 Å². The van der Waals surface area contributed by atoms with Crippen molar-refractivity contribution in [3.63, 3.8) is 0 Å². The Balaban J connectivity index is 2.31. The van der Waals surface area contributed by atoms with Crippen LogP contribution in [0.3, 0.4) is 0 Å². The van der Waals surface area contributed by atoms with E-state index in [1.165, 1.54) is 0 Å². The zero-order valence-corrected chi connectivity index (χ0v) is 11.4. The molecular formula is C13H14BrNO3. The summed E-state index contributed by atoms with van der Waals surface area (Å²) in [4.78, 5) is 22.6. The van der Waals surface area contributed by atoms with Crippen molar-refractivity contribution in [2.24, 2.45) is 0 Å². The Morgan fingerprint density at radius 1 is 1.33 bits per heavy atom. The number of halogens is 1. The van der Waals surface area contributed by atoms with Crippen molar-refractivity contribution in [1.82, 2.24) is 5.32 Å². The van der Waals surface area contributed by atoms with E-state index in [-0.39, 0.29) is 18.9 Å². The average molecular weight is 312 g/mol. The van der Waals surface area contributed by atoms with Gasteiger partial charge in [-0.1, -0.05) is 34.1 Å². The number of hydrogen-bond donors (Lipinski definition) is 1. The minimum Gasteiger partial charge on any atom is -0.455 e. The summed E-state index contributed by atoms with van der Waals surface area (Å²) in [5.74, 6) is -0.759. The predicted octanol–water partition coefficient (Wildman–Crippen LogP) is 1.84. The molecule has 0 fully saturated rings. The van der Waals surface area contributed by atoms with Crippen molar-refractivity contribution in [3.8, 4) is 0 Å². The Labute approximate surface area is 114 Å². The first kappa shape index (κ1) is 14.4. The van der Waals surface area contributed by atoms with Gasteiger partial charge < -0.3 is 10.1 Å². The second kappa shape index (κ2) is 7.66. The third-order valence-corrected chi connectivity index (χ3v) is 2.60. The molecule has 96 valence electrons. The molecule has 1 aromatic rings. The minimum absolute atomic E-state index is 0.155. The van der Waals surface area contributed by atoms with Gasteiger partial charge in [0.2, 0.25) is 0 Å². The van der Waals surface area contributed by atoms with Gasteiger partial charge in [0.15, 0.2) is 6.61 Å². The number of hydrogen-bond acceptors (Lipinski definition) is 3. The van der Waals surface area contributed by atoms with Crippen LogP contribution in [-0.2, 0) is 20.7 Å². The van der Waals surface area contributed by atoms with Crippen molar-refractivity contribution in [3.05, 3.63) is 47.0 Å². The van der Waals surface area contributed by atoms with Crippen molar-refractivity contribution < 1.29 is 14.3 Å². The minimum atomic E-state index is -0.425. The second-order valence-electron chi connectivity index (χ2n) is 3.56. The molecular weight excluding hydrogens is 298 g/mol. The Bertz CT molecular complexity index is 428. The number of carbonyl (C=O) groups is 2. The fraction of sp³-hybridized carbons (Fsp3) is 0.231. The normalized spacial score (nSPS) is 9.61. The first-order valence-corrected chi connectivity index (χ1v) is 6.19. The molecule has 1 amide bonds. The first-order chi connectivity index (χ1) is 8.61. The number of rotatable bonds is 6. The lowest BCUT2D eigenvalue weighted by Gasteiger charge is -2.05. The standard InChI is InChI=1S/C13H14BrNO3/c1-2-7-15-12(16)9-18-13(17)8-10-3-5-11(14)6-4-10/h2-6H,1,7-9H2,(H,15,16). The van der Waals surface area contributed by atoms with Crippen LogP contribution in [0.5, 0.6) is 0 Å². The summed E-state index contributed by atoms with van der Waals surface area (Å²) in [6.07, 6.45) is 1.71. The molecule has 0 bridgehead atoms. The Morgan fingerprint density at radius 3 is 2.61 bits per heavy atom. The van der Waals surface area contributed by atoms with Gasteiger partial charge in [0.1, 0.15) is 0 Å². The van der Waals surface area contributed by atoms with Crippen LogP contribution in [0.1, 0.15) is 5.56 Å². The SMILES string of the molecule is C=CCNC(=O)COC(=O)Cc1ccc(Br)cc1. The number of nitrogens with one attached hydrogen (secondary N) is 1. The van der Waals surface area contributed by atoms with E-state index in [4.69, 9.17) is 4.74 Å². The predicted molar refractivity (Wildman–Crippen MR) is 72.0 cm³/mol. The van der Waals surface area contributed by atoms with Gasteiger partial charge in [0.05, 0.1) is 6.42 Å². The van der Waals surface area contributed by atoms with Gasteiger partial charge in [-0.3, -0.25) is 9.59 Å². The van der Waals surface area contributed by atoms with Crippen molar-refractivity contribution >= 4 is 27.8 Å². The van der Waals surface area contributed by atoms with Crippen molar-refractivity contribution in [1.29, 1.82) is 0 Å². The lowest BCUT2D eigenvalue weighted by Crippen LogP contribution is -2.29. The van der Waals surface area contributed by atoms with E-state index in [1.54, 1.807) is 6.08 Å². The lowest BCUT2D eigenvalue weighted by atomic mass is 10.2.